The van der Waals surface area contributed by atoms with Crippen LogP contribution in [0.2, 0.25) is 0 Å². The monoisotopic (exact) mass is 300 g/mol. The van der Waals surface area contributed by atoms with Crippen molar-refractivity contribution in [2.75, 3.05) is 19.6 Å². The number of alkyl halides is 3. The lowest BCUT2D eigenvalue weighted by Crippen LogP contribution is -2.42. The van der Waals surface area contributed by atoms with E-state index in [4.69, 9.17) is 5.73 Å². The molecule has 1 aromatic rings. The van der Waals surface area contributed by atoms with E-state index in [-0.39, 0.29) is 6.04 Å². The van der Waals surface area contributed by atoms with E-state index < -0.39 is 11.7 Å². The number of nitrogens with zero attached hydrogens (tertiary/aromatic N) is 1. The summed E-state index contributed by atoms with van der Waals surface area (Å²) in [5.41, 5.74) is 6.46. The normalized spacial score (nSPS) is 21.2. The summed E-state index contributed by atoms with van der Waals surface area (Å²) in [6.45, 7) is 6.80. The smallest absolute Gasteiger partial charge is 0.329 e. The maximum absolute atomic E-state index is 12.6. The van der Waals surface area contributed by atoms with Gasteiger partial charge in [-0.1, -0.05) is 26.0 Å². The lowest BCUT2D eigenvalue weighted by molar-refractivity contribution is -0.137. The van der Waals surface area contributed by atoms with E-state index in [9.17, 15) is 13.2 Å². The van der Waals surface area contributed by atoms with Crippen molar-refractivity contribution in [3.05, 3.63) is 35.4 Å². The summed E-state index contributed by atoms with van der Waals surface area (Å²) >= 11 is 0. The lowest BCUT2D eigenvalue weighted by atomic mass is 9.82. The summed E-state index contributed by atoms with van der Waals surface area (Å²) in [5, 5.41) is 0. The molecule has 0 aromatic heterocycles. The molecule has 1 heterocycles. The summed E-state index contributed by atoms with van der Waals surface area (Å²) in [5.74, 6) is 0. The number of hydrogen-bond acceptors (Lipinski definition) is 2. The standard InChI is InChI=1S/C16H23F3N2/c1-15(2)7-9-21(10-8-15)14(11-20)12-3-5-13(6-4-12)16(17,18)19/h3-6,14H,7-11,20H2,1-2H3. The van der Waals surface area contributed by atoms with E-state index in [2.05, 4.69) is 18.7 Å². The van der Waals surface area contributed by atoms with Crippen LogP contribution in [0.15, 0.2) is 24.3 Å². The summed E-state index contributed by atoms with van der Waals surface area (Å²) in [4.78, 5) is 2.29. The Morgan fingerprint density at radius 1 is 1.14 bits per heavy atom. The Morgan fingerprint density at radius 2 is 1.67 bits per heavy atom. The predicted molar refractivity (Wildman–Crippen MR) is 77.8 cm³/mol. The highest BCUT2D eigenvalue weighted by Gasteiger charge is 2.32. The van der Waals surface area contributed by atoms with Gasteiger partial charge in [-0.2, -0.15) is 13.2 Å². The maximum atomic E-state index is 12.6. The van der Waals surface area contributed by atoms with E-state index in [0.29, 0.717) is 12.0 Å². The third kappa shape index (κ3) is 3.98. The summed E-state index contributed by atoms with van der Waals surface area (Å²) < 4.78 is 37.8. The van der Waals surface area contributed by atoms with Gasteiger partial charge < -0.3 is 5.73 Å². The third-order valence-corrected chi connectivity index (χ3v) is 4.44. The number of piperidine rings is 1. The Hall–Kier alpha value is -1.07. The Labute approximate surface area is 124 Å². The highest BCUT2D eigenvalue weighted by atomic mass is 19.4. The molecule has 21 heavy (non-hydrogen) atoms. The minimum Gasteiger partial charge on any atom is -0.329 e. The van der Waals surface area contributed by atoms with Gasteiger partial charge in [0.15, 0.2) is 0 Å². The van der Waals surface area contributed by atoms with Crippen LogP contribution in [0.25, 0.3) is 0 Å². The van der Waals surface area contributed by atoms with Gasteiger partial charge in [-0.05, 0) is 49.0 Å². The topological polar surface area (TPSA) is 29.3 Å². The number of hydrogen-bond donors (Lipinski definition) is 1. The fourth-order valence-corrected chi connectivity index (χ4v) is 2.83. The molecule has 5 heteroatoms. The molecule has 1 aliphatic heterocycles. The van der Waals surface area contributed by atoms with E-state index in [1.165, 1.54) is 0 Å². The molecular formula is C16H23F3N2. The first-order valence-electron chi connectivity index (χ1n) is 7.34. The first kappa shape index (κ1) is 16.3. The second kappa shape index (κ2) is 5.97. The fraction of sp³-hybridized carbons (Fsp3) is 0.625. The highest BCUT2D eigenvalue weighted by molar-refractivity contribution is 5.27. The maximum Gasteiger partial charge on any atom is 0.416 e. The van der Waals surface area contributed by atoms with Gasteiger partial charge in [0.2, 0.25) is 0 Å². The van der Waals surface area contributed by atoms with Crippen molar-refractivity contribution in [1.82, 2.24) is 4.90 Å². The number of halogens is 3. The van der Waals surface area contributed by atoms with E-state index in [1.807, 2.05) is 0 Å². The Morgan fingerprint density at radius 3 is 2.10 bits per heavy atom. The molecule has 0 spiro atoms. The van der Waals surface area contributed by atoms with Crippen molar-refractivity contribution in [3.63, 3.8) is 0 Å². The first-order valence-corrected chi connectivity index (χ1v) is 7.34. The Kier molecular flexibility index (Phi) is 4.63. The van der Waals surface area contributed by atoms with Gasteiger partial charge in [-0.3, -0.25) is 4.90 Å². The van der Waals surface area contributed by atoms with Crippen LogP contribution in [0, 0.1) is 5.41 Å². The zero-order chi connectivity index (χ0) is 15.7. The van der Waals surface area contributed by atoms with Gasteiger partial charge in [0.25, 0.3) is 0 Å². The Balaban J connectivity index is 2.11. The van der Waals surface area contributed by atoms with Gasteiger partial charge in [0.05, 0.1) is 5.56 Å². The molecule has 1 unspecified atom stereocenters. The first-order chi connectivity index (χ1) is 9.73. The SMILES string of the molecule is CC1(C)CCN(C(CN)c2ccc(C(F)(F)F)cc2)CC1. The molecule has 0 aliphatic carbocycles. The second-order valence-electron chi connectivity index (χ2n) is 6.57. The van der Waals surface area contributed by atoms with Crippen LogP contribution < -0.4 is 5.73 Å². The molecule has 1 atom stereocenters. The van der Waals surface area contributed by atoms with Gasteiger partial charge >= 0.3 is 6.18 Å². The summed E-state index contributed by atoms with van der Waals surface area (Å²) in [6.07, 6.45) is -2.11. The molecule has 1 aliphatic rings. The molecule has 2 rings (SSSR count). The zero-order valence-corrected chi connectivity index (χ0v) is 12.6. The van der Waals surface area contributed by atoms with Crippen LogP contribution in [-0.2, 0) is 6.18 Å². The zero-order valence-electron chi connectivity index (χ0n) is 12.6. The van der Waals surface area contributed by atoms with Crippen LogP contribution in [-0.4, -0.2) is 24.5 Å². The van der Waals surface area contributed by atoms with Crippen molar-refractivity contribution >= 4 is 0 Å². The van der Waals surface area contributed by atoms with Crippen LogP contribution in [0.5, 0.6) is 0 Å². The van der Waals surface area contributed by atoms with E-state index in [0.717, 1.165) is 43.6 Å². The van der Waals surface area contributed by atoms with Crippen LogP contribution >= 0.6 is 0 Å². The molecule has 0 saturated carbocycles. The lowest BCUT2D eigenvalue weighted by Gasteiger charge is -2.41. The van der Waals surface area contributed by atoms with Crippen LogP contribution in [0.4, 0.5) is 13.2 Å². The molecular weight excluding hydrogens is 277 g/mol. The van der Waals surface area contributed by atoms with Gasteiger partial charge in [-0.25, -0.2) is 0 Å². The summed E-state index contributed by atoms with van der Waals surface area (Å²) in [6, 6.07) is 5.40. The third-order valence-electron chi connectivity index (χ3n) is 4.44. The fourth-order valence-electron chi connectivity index (χ4n) is 2.83. The molecule has 0 amide bonds. The van der Waals surface area contributed by atoms with E-state index >= 15 is 0 Å². The van der Waals surface area contributed by atoms with Crippen molar-refractivity contribution in [2.24, 2.45) is 11.1 Å². The van der Waals surface area contributed by atoms with Gasteiger partial charge in [0, 0.05) is 12.6 Å². The second-order valence-corrected chi connectivity index (χ2v) is 6.57. The van der Waals surface area contributed by atoms with E-state index in [1.54, 1.807) is 12.1 Å². The number of benzene rings is 1. The van der Waals surface area contributed by atoms with Gasteiger partial charge in [-0.15, -0.1) is 0 Å². The average molecular weight is 300 g/mol. The number of nitrogens with two attached hydrogens (primary N) is 1. The van der Waals surface area contributed by atoms with Gasteiger partial charge in [0.1, 0.15) is 0 Å². The molecule has 0 bridgehead atoms. The van der Waals surface area contributed by atoms with Crippen molar-refractivity contribution in [3.8, 4) is 0 Å². The quantitative estimate of drug-likeness (QED) is 0.919. The predicted octanol–water partition coefficient (Wildman–Crippen LogP) is 3.83. The van der Waals surface area contributed by atoms with Crippen LogP contribution in [0.1, 0.15) is 43.9 Å². The van der Waals surface area contributed by atoms with Crippen molar-refractivity contribution in [1.29, 1.82) is 0 Å². The minimum absolute atomic E-state index is 0.00313. The van der Waals surface area contributed by atoms with Crippen LogP contribution in [0.3, 0.4) is 0 Å². The molecule has 1 aromatic carbocycles. The Bertz CT molecular complexity index is 455. The average Bonchev–Trinajstić information content (AvgIpc) is 2.41. The molecule has 1 saturated heterocycles. The van der Waals surface area contributed by atoms with Crippen molar-refractivity contribution < 1.29 is 13.2 Å². The summed E-state index contributed by atoms with van der Waals surface area (Å²) in [7, 11) is 0. The minimum atomic E-state index is -4.29. The largest absolute Gasteiger partial charge is 0.416 e. The molecule has 118 valence electrons. The molecule has 1 fully saturated rings. The molecule has 2 N–H and O–H groups in total. The molecule has 0 radical (unpaired) electrons. The number of likely N-dealkylation sites (tertiary alicyclic amines) is 1. The van der Waals surface area contributed by atoms with Crippen molar-refractivity contribution in [2.45, 2.75) is 38.9 Å². The highest BCUT2D eigenvalue weighted by Crippen LogP contribution is 2.35. The molecule has 2 nitrogen and oxygen atoms in total. The number of rotatable bonds is 3.